The van der Waals surface area contributed by atoms with Crippen LogP contribution in [-0.2, 0) is 12.7 Å². The van der Waals surface area contributed by atoms with Gasteiger partial charge in [-0.3, -0.25) is 0 Å². The molecule has 208 valence electrons. The number of imidazole rings is 1. The third kappa shape index (κ3) is 4.75. The number of halogens is 4. The first-order valence-corrected chi connectivity index (χ1v) is 12.6. The van der Waals surface area contributed by atoms with Crippen molar-refractivity contribution in [3.8, 4) is 28.7 Å². The molecule has 5 rings (SSSR count). The zero-order valence-corrected chi connectivity index (χ0v) is 22.4. The maximum atomic E-state index is 15.3. The molecule has 0 aliphatic rings. The molecule has 13 heteroatoms. The van der Waals surface area contributed by atoms with E-state index in [1.54, 1.807) is 30.1 Å². The van der Waals surface area contributed by atoms with E-state index < -0.39 is 23.7 Å². The van der Waals surface area contributed by atoms with Crippen LogP contribution in [0.5, 0.6) is 5.88 Å². The molecule has 0 aliphatic heterocycles. The quantitative estimate of drug-likeness (QED) is 0.226. The molecule has 0 saturated heterocycles. The fourth-order valence-electron chi connectivity index (χ4n) is 4.55. The standard InChI is InChI=1S/C27H26F4N8O/c1-6-38-12-20(27(29,30)31)36-25(38)18-8-7-16(9-19(18)28)15(4)39-24-17(11-35-39)10-32-23(37-24)21-22(14(2)3)33-13-34-26(21)40-5/h7-15H,6H2,1-5H3. The third-order valence-electron chi connectivity index (χ3n) is 6.63. The molecule has 0 saturated carbocycles. The van der Waals surface area contributed by atoms with E-state index in [9.17, 15) is 13.2 Å². The van der Waals surface area contributed by atoms with Crippen molar-refractivity contribution in [3.63, 3.8) is 0 Å². The smallest absolute Gasteiger partial charge is 0.434 e. The zero-order valence-electron chi connectivity index (χ0n) is 22.4. The molecular weight excluding hydrogens is 528 g/mol. The lowest BCUT2D eigenvalue weighted by Gasteiger charge is -2.16. The molecule has 5 aromatic rings. The van der Waals surface area contributed by atoms with Gasteiger partial charge in [-0.1, -0.05) is 19.9 Å². The minimum Gasteiger partial charge on any atom is -0.480 e. The predicted octanol–water partition coefficient (Wildman–Crippen LogP) is 6.07. The number of nitrogens with zero attached hydrogens (tertiary/aromatic N) is 8. The van der Waals surface area contributed by atoms with Gasteiger partial charge in [-0.25, -0.2) is 34.0 Å². The Morgan fingerprint density at radius 3 is 2.45 bits per heavy atom. The molecular formula is C27H26F4N8O. The van der Waals surface area contributed by atoms with Crippen LogP contribution in [0.3, 0.4) is 0 Å². The van der Waals surface area contributed by atoms with E-state index in [0.717, 1.165) is 11.9 Å². The van der Waals surface area contributed by atoms with Crippen LogP contribution in [0, 0.1) is 5.82 Å². The van der Waals surface area contributed by atoms with Crippen molar-refractivity contribution < 1.29 is 22.3 Å². The molecule has 9 nitrogen and oxygen atoms in total. The highest BCUT2D eigenvalue weighted by Crippen LogP contribution is 2.35. The van der Waals surface area contributed by atoms with Crippen molar-refractivity contribution in [1.29, 1.82) is 0 Å². The van der Waals surface area contributed by atoms with E-state index in [1.807, 2.05) is 20.8 Å². The van der Waals surface area contributed by atoms with Crippen LogP contribution in [0.25, 0.3) is 33.8 Å². The summed E-state index contributed by atoms with van der Waals surface area (Å²) in [7, 11) is 1.51. The summed E-state index contributed by atoms with van der Waals surface area (Å²) in [4.78, 5) is 21.5. The zero-order chi connectivity index (χ0) is 28.8. The van der Waals surface area contributed by atoms with E-state index in [2.05, 4.69) is 25.0 Å². The monoisotopic (exact) mass is 554 g/mol. The van der Waals surface area contributed by atoms with Crippen LogP contribution < -0.4 is 4.74 Å². The first-order chi connectivity index (χ1) is 19.0. The lowest BCUT2D eigenvalue weighted by atomic mass is 10.0. The summed E-state index contributed by atoms with van der Waals surface area (Å²) in [6.07, 6.45) is 0.928. The van der Waals surface area contributed by atoms with Crippen LogP contribution in [-0.4, -0.2) is 46.4 Å². The second-order valence-electron chi connectivity index (χ2n) is 9.51. The summed E-state index contributed by atoms with van der Waals surface area (Å²) >= 11 is 0. The van der Waals surface area contributed by atoms with Gasteiger partial charge in [-0.15, -0.1) is 0 Å². The van der Waals surface area contributed by atoms with Gasteiger partial charge < -0.3 is 9.30 Å². The molecule has 0 spiro atoms. The predicted molar refractivity (Wildman–Crippen MR) is 139 cm³/mol. The highest BCUT2D eigenvalue weighted by molar-refractivity contribution is 5.77. The first kappa shape index (κ1) is 27.2. The van der Waals surface area contributed by atoms with E-state index in [-0.39, 0.29) is 23.9 Å². The first-order valence-electron chi connectivity index (χ1n) is 12.6. The van der Waals surface area contributed by atoms with Crippen LogP contribution in [0.1, 0.15) is 56.6 Å². The fourth-order valence-corrected chi connectivity index (χ4v) is 4.55. The number of benzene rings is 1. The Morgan fingerprint density at radius 2 is 1.80 bits per heavy atom. The molecule has 4 aromatic heterocycles. The molecule has 0 radical (unpaired) electrons. The number of fused-ring (bicyclic) bond motifs is 1. The summed E-state index contributed by atoms with van der Waals surface area (Å²) in [6, 6.07) is 3.88. The summed E-state index contributed by atoms with van der Waals surface area (Å²) in [5.74, 6) is -0.0386. The van der Waals surface area contributed by atoms with Crippen LogP contribution in [0.15, 0.2) is 43.1 Å². The molecule has 4 heterocycles. The Morgan fingerprint density at radius 1 is 1.02 bits per heavy atom. The van der Waals surface area contributed by atoms with Gasteiger partial charge in [0.25, 0.3) is 0 Å². The molecule has 1 atom stereocenters. The van der Waals surface area contributed by atoms with Crippen LogP contribution in [0.2, 0.25) is 0 Å². The van der Waals surface area contributed by atoms with Gasteiger partial charge in [-0.05, 0) is 37.5 Å². The van der Waals surface area contributed by atoms with Crippen molar-refractivity contribution in [3.05, 3.63) is 65.9 Å². The van der Waals surface area contributed by atoms with E-state index in [1.165, 1.54) is 30.1 Å². The Hall–Kier alpha value is -4.42. The van der Waals surface area contributed by atoms with E-state index in [4.69, 9.17) is 9.72 Å². The molecule has 0 fully saturated rings. The fraction of sp³-hybridized carbons (Fsp3) is 0.333. The SMILES string of the molecule is CCn1cc(C(F)(F)F)nc1-c1ccc(C(C)n2ncc3cnc(-c4c(OC)ncnc4C(C)C)nc32)cc1F. The molecule has 0 amide bonds. The average molecular weight is 555 g/mol. The van der Waals surface area contributed by atoms with Gasteiger partial charge in [0.05, 0.1) is 36.0 Å². The van der Waals surface area contributed by atoms with Gasteiger partial charge in [0.15, 0.2) is 17.2 Å². The van der Waals surface area contributed by atoms with Crippen molar-refractivity contribution in [2.24, 2.45) is 0 Å². The minimum atomic E-state index is -4.63. The topological polar surface area (TPSA) is 96.4 Å². The van der Waals surface area contributed by atoms with Gasteiger partial charge in [-0.2, -0.15) is 18.3 Å². The number of aryl methyl sites for hydroxylation is 1. The Labute approximate surface area is 226 Å². The van der Waals surface area contributed by atoms with E-state index in [0.29, 0.717) is 33.9 Å². The Balaban J connectivity index is 1.55. The number of hydrogen-bond donors (Lipinski definition) is 0. The number of methoxy groups -OCH3 is 1. The molecule has 1 aromatic carbocycles. The van der Waals surface area contributed by atoms with Gasteiger partial charge in [0, 0.05) is 18.9 Å². The molecule has 0 N–H and O–H groups in total. The largest absolute Gasteiger partial charge is 0.480 e. The second kappa shape index (κ2) is 10.3. The van der Waals surface area contributed by atoms with E-state index >= 15 is 4.39 Å². The minimum absolute atomic E-state index is 0.0272. The highest BCUT2D eigenvalue weighted by atomic mass is 19.4. The Kier molecular flexibility index (Phi) is 6.98. The number of aromatic nitrogens is 8. The molecule has 40 heavy (non-hydrogen) atoms. The molecule has 0 bridgehead atoms. The Bertz CT molecular complexity index is 1690. The third-order valence-corrected chi connectivity index (χ3v) is 6.63. The number of hydrogen-bond acceptors (Lipinski definition) is 7. The normalized spacial score (nSPS) is 12.8. The number of rotatable bonds is 7. The van der Waals surface area contributed by atoms with Crippen LogP contribution in [0.4, 0.5) is 17.6 Å². The van der Waals surface area contributed by atoms with Crippen molar-refractivity contribution in [1.82, 2.24) is 39.3 Å². The van der Waals surface area contributed by atoms with Gasteiger partial charge in [0.1, 0.15) is 23.5 Å². The van der Waals surface area contributed by atoms with Gasteiger partial charge >= 0.3 is 6.18 Å². The second-order valence-corrected chi connectivity index (χ2v) is 9.51. The van der Waals surface area contributed by atoms with Crippen LogP contribution >= 0.6 is 0 Å². The van der Waals surface area contributed by atoms with Crippen molar-refractivity contribution >= 4 is 11.0 Å². The highest BCUT2D eigenvalue weighted by Gasteiger charge is 2.35. The summed E-state index contributed by atoms with van der Waals surface area (Å²) in [6.45, 7) is 7.67. The van der Waals surface area contributed by atoms with Crippen molar-refractivity contribution in [2.45, 2.75) is 52.4 Å². The lowest BCUT2D eigenvalue weighted by molar-refractivity contribution is -0.140. The number of ether oxygens (including phenoxy) is 1. The summed E-state index contributed by atoms with van der Waals surface area (Å²) < 4.78 is 63.4. The van der Waals surface area contributed by atoms with Crippen molar-refractivity contribution in [2.75, 3.05) is 7.11 Å². The lowest BCUT2D eigenvalue weighted by Crippen LogP contribution is -2.11. The maximum absolute atomic E-state index is 15.3. The number of alkyl halides is 3. The summed E-state index contributed by atoms with van der Waals surface area (Å²) in [5, 5.41) is 5.13. The molecule has 0 aliphatic carbocycles. The summed E-state index contributed by atoms with van der Waals surface area (Å²) in [5.41, 5.74) is 1.24. The average Bonchev–Trinajstić information content (AvgIpc) is 3.56. The molecule has 1 unspecified atom stereocenters. The van der Waals surface area contributed by atoms with Gasteiger partial charge in [0.2, 0.25) is 5.88 Å². The maximum Gasteiger partial charge on any atom is 0.434 e.